The van der Waals surface area contributed by atoms with Crippen LogP contribution in [0.3, 0.4) is 0 Å². The smallest absolute Gasteiger partial charge is 0.291 e. The van der Waals surface area contributed by atoms with Gasteiger partial charge in [0.05, 0.1) is 23.6 Å². The van der Waals surface area contributed by atoms with Crippen LogP contribution in [0.5, 0.6) is 0 Å². The van der Waals surface area contributed by atoms with Crippen LogP contribution in [-0.4, -0.2) is 16.8 Å². The molecule has 0 aliphatic carbocycles. The van der Waals surface area contributed by atoms with E-state index in [1.165, 1.54) is 18.5 Å². The first-order valence-electron chi connectivity index (χ1n) is 10.6. The monoisotopic (exact) mass is 467 g/mol. The molecule has 0 aliphatic heterocycles. The lowest BCUT2D eigenvalue weighted by atomic mass is 10.1. The van der Waals surface area contributed by atoms with Gasteiger partial charge in [-0.2, -0.15) is 0 Å². The SMILES string of the molecule is O=C(Nc1ccc(NC(=O)c2ccccc2-c2ncc(-c3ccccc3F)o2)cc1)c1ccco1. The quantitative estimate of drug-likeness (QED) is 0.308. The van der Waals surface area contributed by atoms with Crippen LogP contribution < -0.4 is 10.6 Å². The number of aromatic nitrogens is 1. The molecule has 0 saturated heterocycles. The third kappa shape index (κ3) is 4.72. The van der Waals surface area contributed by atoms with E-state index in [1.54, 1.807) is 78.9 Å². The number of carbonyl (C=O) groups is 2. The van der Waals surface area contributed by atoms with Gasteiger partial charge in [0.25, 0.3) is 11.8 Å². The summed E-state index contributed by atoms with van der Waals surface area (Å²) in [6.07, 6.45) is 2.85. The second-order valence-corrected chi connectivity index (χ2v) is 7.52. The Morgan fingerprint density at radius 1 is 0.743 bits per heavy atom. The van der Waals surface area contributed by atoms with Crippen LogP contribution in [0.15, 0.2) is 106 Å². The molecule has 0 unspecified atom stereocenters. The lowest BCUT2D eigenvalue weighted by molar-refractivity contribution is 0.0994. The van der Waals surface area contributed by atoms with E-state index >= 15 is 0 Å². The number of carbonyl (C=O) groups excluding carboxylic acids is 2. The average Bonchev–Trinajstić information content (AvgIpc) is 3.58. The molecule has 35 heavy (non-hydrogen) atoms. The molecule has 2 amide bonds. The Labute approximate surface area is 199 Å². The zero-order valence-corrected chi connectivity index (χ0v) is 18.2. The van der Waals surface area contributed by atoms with Gasteiger partial charge in [-0.05, 0) is 60.7 Å². The molecule has 2 heterocycles. The largest absolute Gasteiger partial charge is 0.459 e. The number of hydrogen-bond acceptors (Lipinski definition) is 5. The lowest BCUT2D eigenvalue weighted by Gasteiger charge is -2.09. The van der Waals surface area contributed by atoms with Crippen LogP contribution in [0, 0.1) is 5.82 Å². The molecule has 2 aromatic heterocycles. The molecule has 0 atom stereocenters. The van der Waals surface area contributed by atoms with E-state index in [0.717, 1.165) is 0 Å². The van der Waals surface area contributed by atoms with Crippen LogP contribution in [0.25, 0.3) is 22.8 Å². The molecule has 8 heteroatoms. The van der Waals surface area contributed by atoms with Crippen molar-refractivity contribution in [2.45, 2.75) is 0 Å². The zero-order valence-electron chi connectivity index (χ0n) is 18.2. The van der Waals surface area contributed by atoms with Gasteiger partial charge in [-0.15, -0.1) is 0 Å². The van der Waals surface area contributed by atoms with Gasteiger partial charge < -0.3 is 19.5 Å². The molecule has 0 radical (unpaired) electrons. The number of anilines is 2. The molecule has 0 saturated carbocycles. The second-order valence-electron chi connectivity index (χ2n) is 7.52. The fourth-order valence-electron chi connectivity index (χ4n) is 3.49. The minimum atomic E-state index is -0.426. The standard InChI is InChI=1S/C27H18FN3O4/c28-22-9-4-3-8-21(22)24-16-29-27(35-24)20-7-2-1-6-19(20)25(32)30-17-11-13-18(14-12-17)31-26(33)23-10-5-15-34-23/h1-16H,(H,30,32)(H,31,33). The van der Waals surface area contributed by atoms with E-state index in [0.29, 0.717) is 22.5 Å². The van der Waals surface area contributed by atoms with Crippen LogP contribution in [0.1, 0.15) is 20.9 Å². The highest BCUT2D eigenvalue weighted by atomic mass is 19.1. The molecular weight excluding hydrogens is 449 g/mol. The number of benzene rings is 3. The number of oxazole rings is 1. The van der Waals surface area contributed by atoms with Crippen molar-refractivity contribution < 1.29 is 22.8 Å². The van der Waals surface area contributed by atoms with Gasteiger partial charge >= 0.3 is 0 Å². The first-order chi connectivity index (χ1) is 17.1. The van der Waals surface area contributed by atoms with Gasteiger partial charge in [-0.1, -0.05) is 24.3 Å². The first kappa shape index (κ1) is 21.8. The van der Waals surface area contributed by atoms with Gasteiger partial charge in [0.15, 0.2) is 11.5 Å². The van der Waals surface area contributed by atoms with Gasteiger partial charge in [-0.3, -0.25) is 9.59 Å². The van der Waals surface area contributed by atoms with E-state index < -0.39 is 5.82 Å². The van der Waals surface area contributed by atoms with Crippen LogP contribution >= 0.6 is 0 Å². The number of amides is 2. The molecule has 5 aromatic rings. The molecular formula is C27H18FN3O4. The van der Waals surface area contributed by atoms with Crippen LogP contribution in [0.2, 0.25) is 0 Å². The Bertz CT molecular complexity index is 1490. The molecule has 2 N–H and O–H groups in total. The van der Waals surface area contributed by atoms with Crippen molar-refractivity contribution in [3.8, 4) is 22.8 Å². The molecule has 0 aliphatic rings. The number of furan rings is 1. The third-order valence-electron chi connectivity index (χ3n) is 5.19. The number of nitrogens with zero attached hydrogens (tertiary/aromatic N) is 1. The predicted molar refractivity (Wildman–Crippen MR) is 128 cm³/mol. The minimum absolute atomic E-state index is 0.198. The maximum absolute atomic E-state index is 14.1. The van der Waals surface area contributed by atoms with Gasteiger partial charge in [0.2, 0.25) is 5.89 Å². The Morgan fingerprint density at radius 3 is 2.09 bits per heavy atom. The Kier molecular flexibility index (Phi) is 5.92. The van der Waals surface area contributed by atoms with Gasteiger partial charge in [0.1, 0.15) is 5.82 Å². The first-order valence-corrected chi connectivity index (χ1v) is 10.6. The summed E-state index contributed by atoms with van der Waals surface area (Å²) < 4.78 is 25.0. The van der Waals surface area contributed by atoms with E-state index in [-0.39, 0.29) is 34.8 Å². The number of hydrogen-bond donors (Lipinski definition) is 2. The fraction of sp³-hybridized carbons (Fsp3) is 0. The highest BCUT2D eigenvalue weighted by molar-refractivity contribution is 6.08. The Morgan fingerprint density at radius 2 is 1.40 bits per heavy atom. The van der Waals surface area contributed by atoms with E-state index in [4.69, 9.17) is 8.83 Å². The summed E-state index contributed by atoms with van der Waals surface area (Å²) in [7, 11) is 0. The highest BCUT2D eigenvalue weighted by Gasteiger charge is 2.18. The molecule has 172 valence electrons. The van der Waals surface area contributed by atoms with E-state index in [9.17, 15) is 14.0 Å². The highest BCUT2D eigenvalue weighted by Crippen LogP contribution is 2.30. The van der Waals surface area contributed by atoms with Crippen molar-refractivity contribution in [1.29, 1.82) is 0 Å². The number of rotatable bonds is 6. The fourth-order valence-corrected chi connectivity index (χ4v) is 3.49. The minimum Gasteiger partial charge on any atom is -0.459 e. The van der Waals surface area contributed by atoms with Crippen LogP contribution in [-0.2, 0) is 0 Å². The third-order valence-corrected chi connectivity index (χ3v) is 5.19. The van der Waals surface area contributed by atoms with E-state index in [1.807, 2.05) is 0 Å². The second kappa shape index (κ2) is 9.48. The molecule has 0 spiro atoms. The summed E-state index contributed by atoms with van der Waals surface area (Å²) in [6, 6.07) is 22.9. The Balaban J connectivity index is 1.32. The van der Waals surface area contributed by atoms with Crippen molar-refractivity contribution in [2.24, 2.45) is 0 Å². The molecule has 3 aromatic carbocycles. The van der Waals surface area contributed by atoms with Gasteiger partial charge in [0, 0.05) is 16.9 Å². The number of halogens is 1. The summed E-state index contributed by atoms with van der Waals surface area (Å²) in [4.78, 5) is 29.4. The molecule has 0 fully saturated rings. The Hall–Kier alpha value is -4.98. The molecule has 0 bridgehead atoms. The zero-order chi connectivity index (χ0) is 24.2. The van der Waals surface area contributed by atoms with Crippen molar-refractivity contribution in [1.82, 2.24) is 4.98 Å². The normalized spacial score (nSPS) is 10.7. The topological polar surface area (TPSA) is 97.4 Å². The van der Waals surface area contributed by atoms with Crippen molar-refractivity contribution in [3.05, 3.63) is 115 Å². The maximum atomic E-state index is 14.1. The van der Waals surface area contributed by atoms with Crippen molar-refractivity contribution in [2.75, 3.05) is 10.6 Å². The van der Waals surface area contributed by atoms with Gasteiger partial charge in [-0.25, -0.2) is 9.37 Å². The summed E-state index contributed by atoms with van der Waals surface area (Å²) in [5.41, 5.74) is 2.16. The average molecular weight is 467 g/mol. The maximum Gasteiger partial charge on any atom is 0.291 e. The van der Waals surface area contributed by atoms with Crippen molar-refractivity contribution in [3.63, 3.8) is 0 Å². The summed E-state index contributed by atoms with van der Waals surface area (Å²) >= 11 is 0. The van der Waals surface area contributed by atoms with E-state index in [2.05, 4.69) is 15.6 Å². The summed E-state index contributed by atoms with van der Waals surface area (Å²) in [5.74, 6) is -0.515. The summed E-state index contributed by atoms with van der Waals surface area (Å²) in [6.45, 7) is 0. The summed E-state index contributed by atoms with van der Waals surface area (Å²) in [5, 5.41) is 5.54. The lowest BCUT2D eigenvalue weighted by Crippen LogP contribution is -2.14. The molecule has 7 nitrogen and oxygen atoms in total. The predicted octanol–water partition coefficient (Wildman–Crippen LogP) is 6.25. The molecule has 5 rings (SSSR count). The number of nitrogens with one attached hydrogen (secondary N) is 2. The van der Waals surface area contributed by atoms with Crippen LogP contribution in [0.4, 0.5) is 15.8 Å². The van der Waals surface area contributed by atoms with Crippen molar-refractivity contribution >= 4 is 23.2 Å².